The van der Waals surface area contributed by atoms with Crippen LogP contribution in [0.5, 0.6) is 0 Å². The van der Waals surface area contributed by atoms with Crippen molar-refractivity contribution in [2.45, 2.75) is 63.1 Å². The highest BCUT2D eigenvalue weighted by atomic mass is 32.2. The lowest BCUT2D eigenvalue weighted by atomic mass is 9.98. The number of esters is 1. The van der Waals surface area contributed by atoms with Gasteiger partial charge in [0.15, 0.2) is 5.16 Å². The molecule has 7 heteroatoms. The molecule has 3 aromatic rings. The van der Waals surface area contributed by atoms with Crippen LogP contribution in [0.25, 0.3) is 21.3 Å². The molecule has 0 spiro atoms. The van der Waals surface area contributed by atoms with Gasteiger partial charge in [-0.15, -0.1) is 11.3 Å². The fourth-order valence-corrected chi connectivity index (χ4v) is 5.44. The summed E-state index contributed by atoms with van der Waals surface area (Å²) in [5.74, 6) is 0.374. The van der Waals surface area contributed by atoms with Crippen molar-refractivity contribution in [2.24, 2.45) is 0 Å². The van der Waals surface area contributed by atoms with E-state index in [4.69, 9.17) is 4.74 Å². The standard InChI is InChI=1S/C23H26N2O3S2/c1-14(2)15-8-10-16(11-9-15)18-12-29-22-20(18)21(27)24-23(25-22)30-13-19(26)28-17-6-4-3-5-7-17/h8-12,14,17H,3-7,13H2,1-2H3,(H,24,25,27). The molecule has 0 unspecified atom stereocenters. The Hall–Kier alpha value is -2.12. The molecule has 158 valence electrons. The average molecular weight is 443 g/mol. The van der Waals surface area contributed by atoms with E-state index in [0.717, 1.165) is 36.8 Å². The van der Waals surface area contributed by atoms with Gasteiger partial charge in [-0.25, -0.2) is 4.98 Å². The van der Waals surface area contributed by atoms with E-state index in [1.165, 1.54) is 35.1 Å². The predicted octanol–water partition coefficient (Wildman–Crippen LogP) is 5.74. The minimum absolute atomic E-state index is 0.0447. The zero-order valence-electron chi connectivity index (χ0n) is 17.3. The number of fused-ring (bicyclic) bond motifs is 1. The molecule has 1 aromatic carbocycles. The van der Waals surface area contributed by atoms with Crippen LogP contribution < -0.4 is 5.56 Å². The summed E-state index contributed by atoms with van der Waals surface area (Å²) in [6, 6.07) is 8.32. The van der Waals surface area contributed by atoms with E-state index >= 15 is 0 Å². The van der Waals surface area contributed by atoms with Crippen molar-refractivity contribution in [3.05, 3.63) is 45.6 Å². The first-order valence-electron chi connectivity index (χ1n) is 10.5. The van der Waals surface area contributed by atoms with Gasteiger partial charge < -0.3 is 9.72 Å². The van der Waals surface area contributed by atoms with Gasteiger partial charge in [0.2, 0.25) is 0 Å². The van der Waals surface area contributed by atoms with E-state index in [2.05, 4.69) is 48.1 Å². The zero-order valence-corrected chi connectivity index (χ0v) is 18.9. The Kier molecular flexibility index (Phi) is 6.58. The Morgan fingerprint density at radius 3 is 2.67 bits per heavy atom. The normalized spacial score (nSPS) is 15.0. The fourth-order valence-electron chi connectivity index (χ4n) is 3.79. The highest BCUT2D eigenvalue weighted by Crippen LogP contribution is 2.32. The van der Waals surface area contributed by atoms with Crippen molar-refractivity contribution in [3.8, 4) is 11.1 Å². The molecule has 5 nitrogen and oxygen atoms in total. The molecule has 0 radical (unpaired) electrons. The van der Waals surface area contributed by atoms with Gasteiger partial charge in [-0.1, -0.05) is 56.3 Å². The number of rotatable bonds is 6. The van der Waals surface area contributed by atoms with Gasteiger partial charge in [0.25, 0.3) is 5.56 Å². The summed E-state index contributed by atoms with van der Waals surface area (Å²) >= 11 is 2.67. The molecule has 0 atom stereocenters. The Morgan fingerprint density at radius 1 is 1.23 bits per heavy atom. The molecule has 1 fully saturated rings. The predicted molar refractivity (Wildman–Crippen MR) is 123 cm³/mol. The summed E-state index contributed by atoms with van der Waals surface area (Å²) in [5.41, 5.74) is 3.00. The monoisotopic (exact) mass is 442 g/mol. The van der Waals surface area contributed by atoms with E-state index in [9.17, 15) is 9.59 Å². The molecule has 0 aliphatic heterocycles. The third-order valence-corrected chi connectivity index (χ3v) is 7.21. The van der Waals surface area contributed by atoms with Gasteiger partial charge >= 0.3 is 5.97 Å². The second-order valence-electron chi connectivity index (χ2n) is 8.02. The molecule has 1 aliphatic carbocycles. The first-order chi connectivity index (χ1) is 14.5. The van der Waals surface area contributed by atoms with Crippen molar-refractivity contribution in [2.75, 3.05) is 5.75 Å². The Bertz CT molecular complexity index is 1080. The number of hydrogen-bond donors (Lipinski definition) is 1. The van der Waals surface area contributed by atoms with Gasteiger partial charge in [-0.3, -0.25) is 9.59 Å². The van der Waals surface area contributed by atoms with Gasteiger partial charge in [0.05, 0.1) is 11.1 Å². The molecule has 2 aromatic heterocycles. The Morgan fingerprint density at radius 2 is 1.97 bits per heavy atom. The van der Waals surface area contributed by atoms with E-state index in [1.54, 1.807) is 0 Å². The van der Waals surface area contributed by atoms with E-state index in [1.807, 2.05) is 5.38 Å². The summed E-state index contributed by atoms with van der Waals surface area (Å²) in [6.45, 7) is 4.32. The molecule has 1 N–H and O–H groups in total. The second-order valence-corrected chi connectivity index (χ2v) is 9.84. The second kappa shape index (κ2) is 9.35. The largest absolute Gasteiger partial charge is 0.462 e. The molecular formula is C23H26N2O3S2. The van der Waals surface area contributed by atoms with Gasteiger partial charge in [0, 0.05) is 10.9 Å². The van der Waals surface area contributed by atoms with Crippen LogP contribution in [0.3, 0.4) is 0 Å². The summed E-state index contributed by atoms with van der Waals surface area (Å²) in [4.78, 5) is 33.0. The van der Waals surface area contributed by atoms with Crippen LogP contribution in [0.15, 0.2) is 39.6 Å². The molecule has 1 aliphatic rings. The maximum atomic E-state index is 12.8. The Labute approximate surface area is 184 Å². The summed E-state index contributed by atoms with van der Waals surface area (Å²) < 4.78 is 5.54. The van der Waals surface area contributed by atoms with Crippen molar-refractivity contribution in [1.82, 2.24) is 9.97 Å². The molecule has 2 heterocycles. The average Bonchev–Trinajstić information content (AvgIpc) is 3.18. The molecule has 4 rings (SSSR count). The van der Waals surface area contributed by atoms with Gasteiger partial charge in [-0.2, -0.15) is 0 Å². The van der Waals surface area contributed by atoms with E-state index < -0.39 is 0 Å². The maximum absolute atomic E-state index is 12.8. The van der Waals surface area contributed by atoms with Crippen molar-refractivity contribution in [3.63, 3.8) is 0 Å². The van der Waals surface area contributed by atoms with Gasteiger partial charge in [0.1, 0.15) is 10.9 Å². The number of carbonyl (C=O) groups excluding carboxylic acids is 1. The number of thioether (sulfide) groups is 1. The summed E-state index contributed by atoms with van der Waals surface area (Å²) in [6.07, 6.45) is 5.41. The number of nitrogens with one attached hydrogen (secondary N) is 1. The minimum Gasteiger partial charge on any atom is -0.462 e. The Balaban J connectivity index is 1.48. The first kappa shape index (κ1) is 21.1. The number of aromatic nitrogens is 2. The number of hydrogen-bond acceptors (Lipinski definition) is 6. The molecule has 0 bridgehead atoms. The summed E-state index contributed by atoms with van der Waals surface area (Å²) in [5, 5.41) is 3.03. The van der Waals surface area contributed by atoms with Crippen LogP contribution in [-0.2, 0) is 9.53 Å². The lowest BCUT2D eigenvalue weighted by molar-refractivity contribution is -0.147. The highest BCUT2D eigenvalue weighted by molar-refractivity contribution is 7.99. The number of thiophene rings is 1. The van der Waals surface area contributed by atoms with Crippen LogP contribution in [-0.4, -0.2) is 27.8 Å². The quantitative estimate of drug-likeness (QED) is 0.299. The van der Waals surface area contributed by atoms with Crippen molar-refractivity contribution in [1.29, 1.82) is 0 Å². The molecular weight excluding hydrogens is 416 g/mol. The summed E-state index contributed by atoms with van der Waals surface area (Å²) in [7, 11) is 0. The van der Waals surface area contributed by atoms with Crippen LogP contribution in [0, 0.1) is 0 Å². The fraction of sp³-hybridized carbons (Fsp3) is 0.435. The topological polar surface area (TPSA) is 72.0 Å². The number of benzene rings is 1. The molecule has 30 heavy (non-hydrogen) atoms. The number of carbonyl (C=O) groups is 1. The minimum atomic E-state index is -0.244. The lowest BCUT2D eigenvalue weighted by Crippen LogP contribution is -2.22. The van der Waals surface area contributed by atoms with Crippen LogP contribution in [0.4, 0.5) is 0 Å². The molecule has 0 saturated heterocycles. The lowest BCUT2D eigenvalue weighted by Gasteiger charge is -2.21. The number of ether oxygens (including phenoxy) is 1. The third-order valence-electron chi connectivity index (χ3n) is 5.49. The highest BCUT2D eigenvalue weighted by Gasteiger charge is 2.19. The smallest absolute Gasteiger partial charge is 0.316 e. The first-order valence-corrected chi connectivity index (χ1v) is 12.3. The molecule has 1 saturated carbocycles. The number of H-pyrrole nitrogens is 1. The van der Waals surface area contributed by atoms with E-state index in [0.29, 0.717) is 21.3 Å². The third kappa shape index (κ3) is 4.78. The SMILES string of the molecule is CC(C)c1ccc(-c2csc3nc(SCC(=O)OC4CCCCC4)[nH]c(=O)c23)cc1. The maximum Gasteiger partial charge on any atom is 0.316 e. The van der Waals surface area contributed by atoms with E-state index in [-0.39, 0.29) is 23.4 Å². The van der Waals surface area contributed by atoms with Gasteiger partial charge in [-0.05, 0) is 42.7 Å². The van der Waals surface area contributed by atoms with Crippen LogP contribution in [0.2, 0.25) is 0 Å². The number of aromatic amines is 1. The number of nitrogens with zero attached hydrogens (tertiary/aromatic N) is 1. The molecule has 0 amide bonds. The van der Waals surface area contributed by atoms with Crippen molar-refractivity contribution < 1.29 is 9.53 Å². The van der Waals surface area contributed by atoms with Crippen molar-refractivity contribution >= 4 is 39.3 Å². The van der Waals surface area contributed by atoms with Crippen LogP contribution in [0.1, 0.15) is 57.4 Å². The zero-order chi connectivity index (χ0) is 21.1. The van der Waals surface area contributed by atoms with Crippen LogP contribution >= 0.6 is 23.1 Å².